The molecule has 3 rings (SSSR count). The molecule has 0 aliphatic carbocycles. The van der Waals surface area contributed by atoms with Crippen LogP contribution in [0.4, 0.5) is 0 Å². The molecular formula is C12H17NO2. The molecule has 82 valence electrons. The minimum atomic E-state index is -0.0381. The van der Waals surface area contributed by atoms with Crippen molar-refractivity contribution in [2.75, 3.05) is 13.2 Å². The molecule has 2 aliphatic rings. The van der Waals surface area contributed by atoms with Gasteiger partial charge in [0, 0.05) is 6.54 Å². The predicted octanol–water partition coefficient (Wildman–Crippen LogP) is 1.82. The van der Waals surface area contributed by atoms with Gasteiger partial charge in [0.1, 0.15) is 11.3 Å². The molecule has 0 amide bonds. The molecule has 15 heavy (non-hydrogen) atoms. The lowest BCUT2D eigenvalue weighted by atomic mass is 9.83. The van der Waals surface area contributed by atoms with E-state index in [0.29, 0.717) is 6.10 Å². The summed E-state index contributed by atoms with van der Waals surface area (Å²) >= 11 is 0. The third-order valence-electron chi connectivity index (χ3n) is 3.63. The SMILES string of the molecule is CC1CCC2(CO1)NCCc1ccoc12. The Bertz CT molecular complexity index is 350. The number of hydrogen-bond donors (Lipinski definition) is 1. The second kappa shape index (κ2) is 3.35. The van der Waals surface area contributed by atoms with Crippen molar-refractivity contribution in [3.05, 3.63) is 23.7 Å². The van der Waals surface area contributed by atoms with Gasteiger partial charge in [-0.2, -0.15) is 0 Å². The number of hydrogen-bond acceptors (Lipinski definition) is 3. The number of rotatable bonds is 0. The maximum Gasteiger partial charge on any atom is 0.129 e. The predicted molar refractivity (Wildman–Crippen MR) is 56.7 cm³/mol. The lowest BCUT2D eigenvalue weighted by Crippen LogP contribution is -2.53. The van der Waals surface area contributed by atoms with Crippen LogP contribution in [0.3, 0.4) is 0 Å². The molecule has 1 aromatic heterocycles. The monoisotopic (exact) mass is 207 g/mol. The Morgan fingerprint density at radius 2 is 2.47 bits per heavy atom. The second-order valence-corrected chi connectivity index (χ2v) is 4.69. The van der Waals surface area contributed by atoms with Crippen LogP contribution in [0.25, 0.3) is 0 Å². The number of nitrogens with one attached hydrogen (secondary N) is 1. The van der Waals surface area contributed by atoms with Gasteiger partial charge in [-0.25, -0.2) is 0 Å². The van der Waals surface area contributed by atoms with Crippen molar-refractivity contribution in [2.24, 2.45) is 0 Å². The summed E-state index contributed by atoms with van der Waals surface area (Å²) in [5.41, 5.74) is 1.32. The first kappa shape index (κ1) is 9.43. The van der Waals surface area contributed by atoms with Crippen molar-refractivity contribution in [2.45, 2.75) is 37.8 Å². The fourth-order valence-electron chi connectivity index (χ4n) is 2.68. The Balaban J connectivity index is 1.94. The van der Waals surface area contributed by atoms with Crippen molar-refractivity contribution in [1.29, 1.82) is 0 Å². The molecule has 0 saturated carbocycles. The van der Waals surface area contributed by atoms with Gasteiger partial charge in [0.05, 0.1) is 19.0 Å². The van der Waals surface area contributed by atoms with E-state index in [1.165, 1.54) is 5.56 Å². The van der Waals surface area contributed by atoms with E-state index < -0.39 is 0 Å². The van der Waals surface area contributed by atoms with E-state index in [0.717, 1.165) is 38.2 Å². The number of ether oxygens (including phenoxy) is 1. The van der Waals surface area contributed by atoms with Crippen LogP contribution in [0.15, 0.2) is 16.7 Å². The fraction of sp³-hybridized carbons (Fsp3) is 0.667. The smallest absolute Gasteiger partial charge is 0.129 e. The number of furan rings is 1. The first-order valence-corrected chi connectivity index (χ1v) is 5.74. The Morgan fingerprint density at radius 3 is 3.27 bits per heavy atom. The van der Waals surface area contributed by atoms with Crippen molar-refractivity contribution >= 4 is 0 Å². The van der Waals surface area contributed by atoms with Crippen LogP contribution >= 0.6 is 0 Å². The summed E-state index contributed by atoms with van der Waals surface area (Å²) in [6.07, 6.45) is 5.49. The van der Waals surface area contributed by atoms with Crippen molar-refractivity contribution < 1.29 is 9.15 Å². The summed E-state index contributed by atoms with van der Waals surface area (Å²) in [7, 11) is 0. The molecule has 0 aromatic carbocycles. The molecule has 2 unspecified atom stereocenters. The normalized spacial score (nSPS) is 35.4. The van der Waals surface area contributed by atoms with E-state index in [4.69, 9.17) is 9.15 Å². The molecule has 1 fully saturated rings. The van der Waals surface area contributed by atoms with Crippen LogP contribution in [0.2, 0.25) is 0 Å². The highest BCUT2D eigenvalue weighted by Gasteiger charge is 2.42. The number of fused-ring (bicyclic) bond motifs is 2. The highest BCUT2D eigenvalue weighted by atomic mass is 16.5. The van der Waals surface area contributed by atoms with Gasteiger partial charge in [-0.15, -0.1) is 0 Å². The average Bonchev–Trinajstić information content (AvgIpc) is 2.72. The van der Waals surface area contributed by atoms with Gasteiger partial charge in [0.15, 0.2) is 0 Å². The maximum atomic E-state index is 5.77. The quantitative estimate of drug-likeness (QED) is 0.704. The summed E-state index contributed by atoms with van der Waals surface area (Å²) in [5.74, 6) is 1.11. The Morgan fingerprint density at radius 1 is 1.53 bits per heavy atom. The van der Waals surface area contributed by atoms with Gasteiger partial charge in [-0.1, -0.05) is 0 Å². The molecule has 1 N–H and O–H groups in total. The molecule has 3 heterocycles. The summed E-state index contributed by atoms with van der Waals surface area (Å²) in [4.78, 5) is 0. The van der Waals surface area contributed by atoms with Crippen LogP contribution < -0.4 is 5.32 Å². The minimum absolute atomic E-state index is 0.0381. The second-order valence-electron chi connectivity index (χ2n) is 4.69. The Kier molecular flexibility index (Phi) is 2.11. The van der Waals surface area contributed by atoms with Crippen LogP contribution in [0.5, 0.6) is 0 Å². The van der Waals surface area contributed by atoms with Crippen molar-refractivity contribution in [3.63, 3.8) is 0 Å². The molecule has 1 spiro atoms. The molecular weight excluding hydrogens is 190 g/mol. The van der Waals surface area contributed by atoms with Gasteiger partial charge in [-0.05, 0) is 37.8 Å². The molecule has 2 atom stereocenters. The lowest BCUT2D eigenvalue weighted by Gasteiger charge is -2.41. The highest BCUT2D eigenvalue weighted by molar-refractivity contribution is 5.28. The summed E-state index contributed by atoms with van der Waals surface area (Å²) < 4.78 is 11.4. The van der Waals surface area contributed by atoms with Gasteiger partial charge in [-0.3, -0.25) is 0 Å². The maximum absolute atomic E-state index is 5.77. The first-order valence-electron chi connectivity index (χ1n) is 5.74. The van der Waals surface area contributed by atoms with E-state index in [1.807, 2.05) is 0 Å². The topological polar surface area (TPSA) is 34.4 Å². The average molecular weight is 207 g/mol. The Labute approximate surface area is 89.8 Å². The summed E-state index contributed by atoms with van der Waals surface area (Å²) in [5, 5.41) is 3.58. The zero-order valence-electron chi connectivity index (χ0n) is 9.08. The van der Waals surface area contributed by atoms with E-state index in [2.05, 4.69) is 18.3 Å². The summed E-state index contributed by atoms with van der Waals surface area (Å²) in [6, 6.07) is 2.09. The molecule has 1 saturated heterocycles. The van der Waals surface area contributed by atoms with Crippen LogP contribution in [-0.4, -0.2) is 19.3 Å². The van der Waals surface area contributed by atoms with Crippen LogP contribution in [0.1, 0.15) is 31.1 Å². The highest BCUT2D eigenvalue weighted by Crippen LogP contribution is 2.37. The Hall–Kier alpha value is -0.800. The van der Waals surface area contributed by atoms with E-state index >= 15 is 0 Å². The van der Waals surface area contributed by atoms with Gasteiger partial charge >= 0.3 is 0 Å². The summed E-state index contributed by atoms with van der Waals surface area (Å²) in [6.45, 7) is 3.91. The van der Waals surface area contributed by atoms with Crippen LogP contribution in [0, 0.1) is 0 Å². The van der Waals surface area contributed by atoms with Gasteiger partial charge in [0.2, 0.25) is 0 Å². The standard InChI is InChI=1S/C12H17NO2/c1-9-2-5-12(8-15-9)11-10(3-6-13-12)4-7-14-11/h4,7,9,13H,2-3,5-6,8H2,1H3. The third kappa shape index (κ3) is 1.42. The van der Waals surface area contributed by atoms with Crippen molar-refractivity contribution in [3.8, 4) is 0 Å². The third-order valence-corrected chi connectivity index (χ3v) is 3.63. The molecule has 3 heteroatoms. The minimum Gasteiger partial charge on any atom is -0.467 e. The van der Waals surface area contributed by atoms with E-state index in [9.17, 15) is 0 Å². The first-order chi connectivity index (χ1) is 7.30. The van der Waals surface area contributed by atoms with Gasteiger partial charge < -0.3 is 14.5 Å². The zero-order valence-corrected chi connectivity index (χ0v) is 9.08. The molecule has 0 bridgehead atoms. The zero-order chi connectivity index (χ0) is 10.3. The fourth-order valence-corrected chi connectivity index (χ4v) is 2.68. The molecule has 2 aliphatic heterocycles. The largest absolute Gasteiger partial charge is 0.467 e. The lowest BCUT2D eigenvalue weighted by molar-refractivity contribution is -0.0425. The molecule has 0 radical (unpaired) electrons. The van der Waals surface area contributed by atoms with Gasteiger partial charge in [0.25, 0.3) is 0 Å². The van der Waals surface area contributed by atoms with E-state index in [-0.39, 0.29) is 5.54 Å². The van der Waals surface area contributed by atoms with E-state index in [1.54, 1.807) is 6.26 Å². The molecule has 3 nitrogen and oxygen atoms in total. The molecule has 1 aromatic rings. The van der Waals surface area contributed by atoms with Crippen molar-refractivity contribution in [1.82, 2.24) is 5.32 Å². The van der Waals surface area contributed by atoms with Crippen LogP contribution in [-0.2, 0) is 16.7 Å².